The van der Waals surface area contributed by atoms with Crippen LogP contribution in [0.3, 0.4) is 0 Å². The molecule has 0 bridgehead atoms. The van der Waals surface area contributed by atoms with E-state index < -0.39 is 6.61 Å². The van der Waals surface area contributed by atoms with Gasteiger partial charge in [0.05, 0.1) is 7.11 Å². The van der Waals surface area contributed by atoms with Crippen LogP contribution in [-0.2, 0) is 6.54 Å². The average molecular weight is 351 g/mol. The fourth-order valence-electron chi connectivity index (χ4n) is 2.56. The average Bonchev–Trinajstić information content (AvgIpc) is 2.61. The predicted octanol–water partition coefficient (Wildman–Crippen LogP) is 3.23. The third-order valence-electron chi connectivity index (χ3n) is 3.71. The lowest BCUT2D eigenvalue weighted by Crippen LogP contribution is -2.38. The molecular formula is C18H19F2NO4. The molecule has 1 atom stereocenters. The van der Waals surface area contributed by atoms with Crippen molar-refractivity contribution in [1.82, 2.24) is 5.32 Å². The molecule has 3 rings (SSSR count). The van der Waals surface area contributed by atoms with Gasteiger partial charge < -0.3 is 24.3 Å². The predicted molar refractivity (Wildman–Crippen MR) is 87.7 cm³/mol. The van der Waals surface area contributed by atoms with Crippen LogP contribution in [0.15, 0.2) is 42.5 Å². The van der Waals surface area contributed by atoms with Gasteiger partial charge in [-0.2, -0.15) is 8.78 Å². The van der Waals surface area contributed by atoms with Gasteiger partial charge in [0.1, 0.15) is 12.7 Å². The van der Waals surface area contributed by atoms with E-state index in [2.05, 4.69) is 10.1 Å². The minimum absolute atomic E-state index is 0.0166. The summed E-state index contributed by atoms with van der Waals surface area (Å²) < 4.78 is 45.9. The molecule has 0 fully saturated rings. The zero-order valence-corrected chi connectivity index (χ0v) is 13.7. The van der Waals surface area contributed by atoms with Crippen molar-refractivity contribution in [3.8, 4) is 23.0 Å². The second-order valence-electron chi connectivity index (χ2n) is 5.49. The number of nitrogens with one attached hydrogen (secondary N) is 1. The van der Waals surface area contributed by atoms with Crippen LogP contribution in [0, 0.1) is 0 Å². The Labute approximate surface area is 144 Å². The molecule has 1 N–H and O–H groups in total. The maximum absolute atomic E-state index is 12.5. The van der Waals surface area contributed by atoms with Crippen molar-refractivity contribution >= 4 is 0 Å². The Morgan fingerprint density at radius 3 is 2.72 bits per heavy atom. The smallest absolute Gasteiger partial charge is 0.387 e. The number of alkyl halides is 2. The molecule has 2 aromatic rings. The summed E-state index contributed by atoms with van der Waals surface area (Å²) in [5.74, 6) is 1.74. The van der Waals surface area contributed by atoms with Gasteiger partial charge in [0, 0.05) is 13.1 Å². The molecule has 0 spiro atoms. The van der Waals surface area contributed by atoms with Crippen molar-refractivity contribution in [3.63, 3.8) is 0 Å². The highest BCUT2D eigenvalue weighted by Gasteiger charge is 2.20. The number of hydrogen-bond donors (Lipinski definition) is 1. The lowest BCUT2D eigenvalue weighted by atomic mass is 10.2. The fraction of sp³-hybridized carbons (Fsp3) is 0.333. The van der Waals surface area contributed by atoms with Crippen LogP contribution in [-0.4, -0.2) is 33.0 Å². The van der Waals surface area contributed by atoms with Gasteiger partial charge in [-0.05, 0) is 29.8 Å². The molecule has 25 heavy (non-hydrogen) atoms. The maximum atomic E-state index is 12.5. The Kier molecular flexibility index (Phi) is 5.55. The lowest BCUT2D eigenvalue weighted by molar-refractivity contribution is -0.0512. The van der Waals surface area contributed by atoms with Gasteiger partial charge in [-0.3, -0.25) is 0 Å². The normalized spacial score (nSPS) is 15.9. The van der Waals surface area contributed by atoms with Crippen LogP contribution in [0.4, 0.5) is 8.78 Å². The van der Waals surface area contributed by atoms with E-state index in [0.717, 1.165) is 17.1 Å². The van der Waals surface area contributed by atoms with Crippen LogP contribution in [0.2, 0.25) is 0 Å². The minimum atomic E-state index is -2.90. The molecule has 0 unspecified atom stereocenters. The Morgan fingerprint density at radius 1 is 1.16 bits per heavy atom. The first kappa shape index (κ1) is 17.3. The van der Waals surface area contributed by atoms with Crippen molar-refractivity contribution in [3.05, 3.63) is 48.0 Å². The van der Waals surface area contributed by atoms with E-state index in [1.54, 1.807) is 12.1 Å². The van der Waals surface area contributed by atoms with E-state index in [1.165, 1.54) is 13.2 Å². The minimum Gasteiger partial charge on any atom is -0.493 e. The number of halogens is 2. The summed E-state index contributed by atoms with van der Waals surface area (Å²) >= 11 is 0. The quantitative estimate of drug-likeness (QED) is 0.830. The molecule has 1 aliphatic rings. The van der Waals surface area contributed by atoms with E-state index in [4.69, 9.17) is 14.2 Å². The van der Waals surface area contributed by atoms with E-state index in [0.29, 0.717) is 19.7 Å². The second kappa shape index (κ2) is 8.02. The van der Waals surface area contributed by atoms with Gasteiger partial charge >= 0.3 is 6.61 Å². The molecule has 2 aromatic carbocycles. The highest BCUT2D eigenvalue weighted by molar-refractivity contribution is 5.43. The standard InChI is InChI=1S/C18H19F2NO4/c1-22-14-7-6-12(8-17(14)25-18(19)20)9-21-10-13-11-23-15-4-2-3-5-16(15)24-13/h2-8,13,18,21H,9-11H2,1H3/t13-/m0/s1. The molecule has 7 heteroatoms. The summed E-state index contributed by atoms with van der Waals surface area (Å²) in [6, 6.07) is 12.4. The molecule has 1 aliphatic heterocycles. The zero-order valence-electron chi connectivity index (χ0n) is 13.7. The van der Waals surface area contributed by atoms with Gasteiger partial charge in [-0.15, -0.1) is 0 Å². The summed E-state index contributed by atoms with van der Waals surface area (Å²) in [4.78, 5) is 0. The third kappa shape index (κ3) is 4.51. The largest absolute Gasteiger partial charge is 0.493 e. The summed E-state index contributed by atoms with van der Waals surface area (Å²) in [5.41, 5.74) is 0.800. The third-order valence-corrected chi connectivity index (χ3v) is 3.71. The Hall–Kier alpha value is -2.54. The lowest BCUT2D eigenvalue weighted by Gasteiger charge is -2.26. The zero-order chi connectivity index (χ0) is 17.6. The maximum Gasteiger partial charge on any atom is 0.387 e. The van der Waals surface area contributed by atoms with E-state index in [9.17, 15) is 8.78 Å². The van der Waals surface area contributed by atoms with Crippen LogP contribution >= 0.6 is 0 Å². The molecule has 0 saturated carbocycles. The summed E-state index contributed by atoms with van der Waals surface area (Å²) in [7, 11) is 1.41. The highest BCUT2D eigenvalue weighted by atomic mass is 19.3. The number of ether oxygens (including phenoxy) is 4. The van der Waals surface area contributed by atoms with Crippen LogP contribution in [0.5, 0.6) is 23.0 Å². The van der Waals surface area contributed by atoms with E-state index >= 15 is 0 Å². The van der Waals surface area contributed by atoms with Crippen molar-refractivity contribution in [2.24, 2.45) is 0 Å². The highest BCUT2D eigenvalue weighted by Crippen LogP contribution is 2.31. The molecule has 0 saturated heterocycles. The van der Waals surface area contributed by atoms with Gasteiger partial charge in [0.15, 0.2) is 23.0 Å². The van der Waals surface area contributed by atoms with Crippen LogP contribution in [0.1, 0.15) is 5.56 Å². The van der Waals surface area contributed by atoms with Gasteiger partial charge in [-0.25, -0.2) is 0 Å². The SMILES string of the molecule is COc1ccc(CNC[C@H]2COc3ccccc3O2)cc1OC(F)F. The first-order valence-corrected chi connectivity index (χ1v) is 7.86. The number of methoxy groups -OCH3 is 1. The number of para-hydroxylation sites is 2. The number of fused-ring (bicyclic) bond motifs is 1. The number of benzene rings is 2. The number of rotatable bonds is 7. The molecule has 0 amide bonds. The molecule has 0 aromatic heterocycles. The first-order chi connectivity index (χ1) is 12.2. The molecular weight excluding hydrogens is 332 g/mol. The van der Waals surface area contributed by atoms with Gasteiger partial charge in [-0.1, -0.05) is 18.2 Å². The van der Waals surface area contributed by atoms with Crippen LogP contribution < -0.4 is 24.3 Å². The van der Waals surface area contributed by atoms with E-state index in [-0.39, 0.29) is 17.6 Å². The first-order valence-electron chi connectivity index (χ1n) is 7.86. The second-order valence-corrected chi connectivity index (χ2v) is 5.49. The molecule has 5 nitrogen and oxygen atoms in total. The fourth-order valence-corrected chi connectivity index (χ4v) is 2.56. The van der Waals surface area contributed by atoms with Crippen molar-refractivity contribution < 1.29 is 27.7 Å². The van der Waals surface area contributed by atoms with Crippen LogP contribution in [0.25, 0.3) is 0 Å². The number of hydrogen-bond acceptors (Lipinski definition) is 5. The Balaban J connectivity index is 1.54. The van der Waals surface area contributed by atoms with Gasteiger partial charge in [0.2, 0.25) is 0 Å². The monoisotopic (exact) mass is 351 g/mol. The summed E-state index contributed by atoms with van der Waals surface area (Å²) in [6.07, 6.45) is -0.120. The Bertz CT molecular complexity index is 711. The topological polar surface area (TPSA) is 49.0 Å². The summed E-state index contributed by atoms with van der Waals surface area (Å²) in [6.45, 7) is -1.41. The molecule has 0 radical (unpaired) electrons. The van der Waals surface area contributed by atoms with Gasteiger partial charge in [0.25, 0.3) is 0 Å². The molecule has 134 valence electrons. The van der Waals surface area contributed by atoms with Crippen molar-refractivity contribution in [1.29, 1.82) is 0 Å². The van der Waals surface area contributed by atoms with Crippen molar-refractivity contribution in [2.45, 2.75) is 19.3 Å². The summed E-state index contributed by atoms with van der Waals surface area (Å²) in [5, 5.41) is 3.23. The molecule has 1 heterocycles. The van der Waals surface area contributed by atoms with Crippen molar-refractivity contribution in [2.75, 3.05) is 20.3 Å². The van der Waals surface area contributed by atoms with E-state index in [1.807, 2.05) is 24.3 Å². The Morgan fingerprint density at radius 2 is 1.96 bits per heavy atom. The molecule has 0 aliphatic carbocycles.